The molecule has 0 saturated heterocycles. The molecule has 118 valence electrons. The van der Waals surface area contributed by atoms with Crippen LogP contribution < -0.4 is 5.32 Å². The van der Waals surface area contributed by atoms with Crippen molar-refractivity contribution in [3.8, 4) is 5.69 Å². The minimum Gasteiger partial charge on any atom is -0.314 e. The number of nitrogens with one attached hydrogen (secondary N) is 1. The highest BCUT2D eigenvalue weighted by Gasteiger charge is 2.20. The molecular weight excluding hydrogens is 288 g/mol. The molecule has 0 bridgehead atoms. The fourth-order valence-corrected chi connectivity index (χ4v) is 3.08. The van der Waals surface area contributed by atoms with Crippen LogP contribution in [0.4, 0.5) is 0 Å². The van der Waals surface area contributed by atoms with Gasteiger partial charge in [-0.25, -0.2) is 4.68 Å². The molecule has 0 radical (unpaired) electrons. The van der Waals surface area contributed by atoms with E-state index in [2.05, 4.69) is 49.4 Å². The summed E-state index contributed by atoms with van der Waals surface area (Å²) in [5, 5.41) is 16.3. The van der Waals surface area contributed by atoms with Gasteiger partial charge in [0, 0.05) is 37.9 Å². The van der Waals surface area contributed by atoms with Gasteiger partial charge in [0.25, 0.3) is 0 Å². The largest absolute Gasteiger partial charge is 0.314 e. The summed E-state index contributed by atoms with van der Waals surface area (Å²) < 4.78 is 4.09. The highest BCUT2D eigenvalue weighted by atomic mass is 15.3. The van der Waals surface area contributed by atoms with E-state index in [1.54, 1.807) is 6.20 Å². The van der Waals surface area contributed by atoms with Gasteiger partial charge in [0.2, 0.25) is 0 Å². The smallest absolute Gasteiger partial charge is 0.133 e. The topological polar surface area (TPSA) is 60.6 Å². The van der Waals surface area contributed by atoms with Gasteiger partial charge in [0.15, 0.2) is 0 Å². The van der Waals surface area contributed by atoms with Crippen LogP contribution in [0.1, 0.15) is 23.6 Å². The first-order chi connectivity index (χ1) is 11.3. The van der Waals surface area contributed by atoms with Crippen molar-refractivity contribution in [2.75, 3.05) is 0 Å². The maximum atomic E-state index is 4.25. The molecule has 3 heterocycles. The maximum Gasteiger partial charge on any atom is 0.133 e. The van der Waals surface area contributed by atoms with E-state index in [0.717, 1.165) is 43.3 Å². The van der Waals surface area contributed by atoms with Crippen LogP contribution in [0, 0.1) is 6.92 Å². The first-order valence-corrected chi connectivity index (χ1v) is 8.00. The number of aryl methyl sites for hydroxylation is 2. The van der Waals surface area contributed by atoms with E-state index in [-0.39, 0.29) is 0 Å². The van der Waals surface area contributed by atoms with Gasteiger partial charge in [0.05, 0.1) is 5.69 Å². The molecule has 0 aliphatic carbocycles. The lowest BCUT2D eigenvalue weighted by Gasteiger charge is -2.25. The molecule has 0 amide bonds. The Kier molecular flexibility index (Phi) is 3.67. The molecule has 1 aliphatic rings. The lowest BCUT2D eigenvalue weighted by molar-refractivity contribution is 0.375. The number of fused-ring (bicyclic) bond motifs is 1. The number of aromatic nitrogens is 5. The number of hydrogen-bond donors (Lipinski definition) is 1. The van der Waals surface area contributed by atoms with E-state index >= 15 is 0 Å². The van der Waals surface area contributed by atoms with Crippen molar-refractivity contribution in [2.24, 2.45) is 0 Å². The van der Waals surface area contributed by atoms with E-state index in [1.165, 1.54) is 5.56 Å². The Hall–Kier alpha value is -2.47. The lowest BCUT2D eigenvalue weighted by Crippen LogP contribution is -2.37. The first kappa shape index (κ1) is 14.1. The minimum atomic E-state index is 0.475. The van der Waals surface area contributed by atoms with Crippen molar-refractivity contribution in [1.29, 1.82) is 0 Å². The highest BCUT2D eigenvalue weighted by Crippen LogP contribution is 2.15. The summed E-state index contributed by atoms with van der Waals surface area (Å²) in [5.41, 5.74) is 2.37. The van der Waals surface area contributed by atoms with Crippen LogP contribution in [0.25, 0.3) is 5.69 Å². The van der Waals surface area contributed by atoms with Gasteiger partial charge in [-0.3, -0.25) is 0 Å². The fraction of sp³-hybridized carbons (Fsp3) is 0.353. The van der Waals surface area contributed by atoms with Gasteiger partial charge >= 0.3 is 0 Å². The number of rotatable bonds is 4. The van der Waals surface area contributed by atoms with Gasteiger partial charge in [-0.15, -0.1) is 10.2 Å². The third-order valence-electron chi connectivity index (χ3n) is 4.43. The summed E-state index contributed by atoms with van der Waals surface area (Å²) in [5.74, 6) is 2.12. The molecule has 3 aromatic rings. The third-order valence-corrected chi connectivity index (χ3v) is 4.43. The predicted molar refractivity (Wildman–Crippen MR) is 87.3 cm³/mol. The Morgan fingerprint density at radius 1 is 1.22 bits per heavy atom. The van der Waals surface area contributed by atoms with Crippen LogP contribution >= 0.6 is 0 Å². The van der Waals surface area contributed by atoms with Gasteiger partial charge in [0.1, 0.15) is 11.6 Å². The number of benzene rings is 1. The third kappa shape index (κ3) is 2.90. The van der Waals surface area contributed by atoms with Crippen LogP contribution in [-0.2, 0) is 19.5 Å². The Labute approximate surface area is 135 Å². The summed E-state index contributed by atoms with van der Waals surface area (Å²) >= 11 is 0. The quantitative estimate of drug-likeness (QED) is 0.799. The second-order valence-electron chi connectivity index (χ2n) is 6.01. The van der Waals surface area contributed by atoms with Crippen molar-refractivity contribution in [2.45, 2.75) is 38.9 Å². The number of nitrogens with zero attached hydrogens (tertiary/aromatic N) is 5. The van der Waals surface area contributed by atoms with E-state index in [0.29, 0.717) is 6.04 Å². The predicted octanol–water partition coefficient (Wildman–Crippen LogP) is 1.88. The molecule has 0 fully saturated rings. The Morgan fingerprint density at radius 2 is 2.09 bits per heavy atom. The van der Waals surface area contributed by atoms with Gasteiger partial charge in [-0.05, 0) is 37.1 Å². The van der Waals surface area contributed by atoms with E-state index in [1.807, 2.05) is 23.9 Å². The summed E-state index contributed by atoms with van der Waals surface area (Å²) in [6, 6.07) is 10.9. The summed E-state index contributed by atoms with van der Waals surface area (Å²) in [4.78, 5) is 0. The Balaban J connectivity index is 1.37. The molecule has 23 heavy (non-hydrogen) atoms. The first-order valence-electron chi connectivity index (χ1n) is 8.00. The maximum absolute atomic E-state index is 4.25. The van der Waals surface area contributed by atoms with Gasteiger partial charge in [-0.2, -0.15) is 5.10 Å². The number of hydrogen-bond acceptors (Lipinski definition) is 4. The molecule has 4 rings (SSSR count). The zero-order valence-corrected chi connectivity index (χ0v) is 13.2. The average molecular weight is 308 g/mol. The van der Waals surface area contributed by atoms with Crippen molar-refractivity contribution in [1.82, 2.24) is 29.9 Å². The highest BCUT2D eigenvalue weighted by molar-refractivity contribution is 5.33. The zero-order valence-electron chi connectivity index (χ0n) is 13.2. The lowest BCUT2D eigenvalue weighted by atomic mass is 10.1. The van der Waals surface area contributed by atoms with Crippen LogP contribution in [0.2, 0.25) is 0 Å². The van der Waals surface area contributed by atoms with E-state index in [9.17, 15) is 0 Å². The monoisotopic (exact) mass is 308 g/mol. The normalized spacial score (nSPS) is 17.2. The van der Waals surface area contributed by atoms with Crippen molar-refractivity contribution in [3.63, 3.8) is 0 Å². The summed E-state index contributed by atoms with van der Waals surface area (Å²) in [6.45, 7) is 3.85. The van der Waals surface area contributed by atoms with Crippen LogP contribution in [0.15, 0.2) is 42.7 Å². The Morgan fingerprint density at radius 3 is 2.87 bits per heavy atom. The second-order valence-corrected chi connectivity index (χ2v) is 6.01. The molecular formula is C17H20N6. The van der Waals surface area contributed by atoms with Crippen molar-refractivity contribution >= 4 is 0 Å². The molecule has 0 unspecified atom stereocenters. The van der Waals surface area contributed by atoms with Gasteiger partial charge < -0.3 is 9.88 Å². The van der Waals surface area contributed by atoms with Crippen LogP contribution in [-0.4, -0.2) is 30.6 Å². The Bertz CT molecular complexity index is 772. The molecule has 1 N–H and O–H groups in total. The molecule has 1 atom stereocenters. The minimum absolute atomic E-state index is 0.475. The standard InChI is InChI=1S/C17H20N6/c1-13-20-21-17-8-5-15(12-22(13)17)18-11-14-3-6-16(7-4-14)23-10-2-9-19-23/h2-4,6-7,9-10,15,18H,5,8,11-12H2,1H3/t15-/m1/s1. The van der Waals surface area contributed by atoms with Crippen LogP contribution in [0.5, 0.6) is 0 Å². The summed E-state index contributed by atoms with van der Waals surface area (Å²) in [6.07, 6.45) is 5.86. The zero-order chi connectivity index (χ0) is 15.6. The molecule has 6 heteroatoms. The SMILES string of the molecule is Cc1nnc2n1C[C@H](NCc1ccc(-n3cccn3)cc1)CC2. The van der Waals surface area contributed by atoms with Crippen molar-refractivity contribution < 1.29 is 0 Å². The molecule has 2 aromatic heterocycles. The van der Waals surface area contributed by atoms with E-state index < -0.39 is 0 Å². The van der Waals surface area contributed by atoms with Crippen molar-refractivity contribution in [3.05, 3.63) is 59.9 Å². The average Bonchev–Trinajstić information content (AvgIpc) is 3.24. The molecule has 1 aliphatic heterocycles. The van der Waals surface area contributed by atoms with Gasteiger partial charge in [-0.1, -0.05) is 12.1 Å². The molecule has 1 aromatic carbocycles. The molecule has 0 spiro atoms. The fourth-order valence-electron chi connectivity index (χ4n) is 3.08. The van der Waals surface area contributed by atoms with Crippen LogP contribution in [0.3, 0.4) is 0 Å². The second kappa shape index (κ2) is 5.96. The van der Waals surface area contributed by atoms with E-state index in [4.69, 9.17) is 0 Å². The summed E-state index contributed by atoms with van der Waals surface area (Å²) in [7, 11) is 0. The molecule has 0 saturated carbocycles. The molecule has 6 nitrogen and oxygen atoms in total.